The molecule has 2 aromatic rings. The second-order valence-corrected chi connectivity index (χ2v) is 5.98. The van der Waals surface area contributed by atoms with Crippen LogP contribution >= 0.6 is 0 Å². The Labute approximate surface area is 122 Å². The van der Waals surface area contributed by atoms with Gasteiger partial charge in [-0.25, -0.2) is 4.79 Å². The number of para-hydroxylation sites is 1. The lowest BCUT2D eigenvalue weighted by Gasteiger charge is -2.35. The Kier molecular flexibility index (Phi) is 3.47. The molecule has 1 aliphatic heterocycles. The summed E-state index contributed by atoms with van der Waals surface area (Å²) in [5.74, 6) is -1.02. The number of likely N-dealkylation sites (tertiary alicyclic amines) is 1. The first-order chi connectivity index (χ1) is 9.96. The Morgan fingerprint density at radius 3 is 2.67 bits per heavy atom. The molecule has 0 spiro atoms. The number of carboxylic acids is 1. The Bertz CT molecular complexity index is 664. The van der Waals surface area contributed by atoms with Gasteiger partial charge in [0.15, 0.2) is 0 Å². The number of benzene rings is 1. The number of nitrogens with zero attached hydrogens (tertiary/aromatic N) is 1. The third-order valence-electron chi connectivity index (χ3n) is 4.21. The summed E-state index contributed by atoms with van der Waals surface area (Å²) in [4.78, 5) is 13.6. The van der Waals surface area contributed by atoms with E-state index in [4.69, 9.17) is 4.42 Å². The van der Waals surface area contributed by atoms with Crippen molar-refractivity contribution in [1.82, 2.24) is 4.90 Å². The van der Waals surface area contributed by atoms with Crippen LogP contribution in [0.4, 0.5) is 0 Å². The summed E-state index contributed by atoms with van der Waals surface area (Å²) in [7, 11) is 0. The number of hydrogen-bond donors (Lipinski definition) is 2. The van der Waals surface area contributed by atoms with E-state index >= 15 is 0 Å². The van der Waals surface area contributed by atoms with Crippen LogP contribution in [-0.2, 0) is 6.54 Å². The van der Waals surface area contributed by atoms with E-state index in [-0.39, 0.29) is 5.76 Å². The Morgan fingerprint density at radius 1 is 1.33 bits per heavy atom. The summed E-state index contributed by atoms with van der Waals surface area (Å²) in [5.41, 5.74) is 0.721. The van der Waals surface area contributed by atoms with Gasteiger partial charge in [0.1, 0.15) is 5.58 Å². The van der Waals surface area contributed by atoms with Gasteiger partial charge in [0, 0.05) is 30.6 Å². The highest BCUT2D eigenvalue weighted by Gasteiger charge is 2.29. The maximum Gasteiger partial charge on any atom is 0.372 e. The molecule has 0 radical (unpaired) electrons. The van der Waals surface area contributed by atoms with Crippen molar-refractivity contribution in [2.24, 2.45) is 0 Å². The van der Waals surface area contributed by atoms with Crippen LogP contribution in [0.3, 0.4) is 0 Å². The molecular formula is C16H19NO4. The summed E-state index contributed by atoms with van der Waals surface area (Å²) in [6, 6.07) is 7.39. The smallest absolute Gasteiger partial charge is 0.372 e. The monoisotopic (exact) mass is 289 g/mol. The first kappa shape index (κ1) is 14.1. The number of aliphatic hydroxyl groups is 1. The molecule has 2 heterocycles. The molecule has 0 aliphatic carbocycles. The fourth-order valence-electron chi connectivity index (χ4n) is 2.85. The van der Waals surface area contributed by atoms with E-state index in [1.807, 2.05) is 25.1 Å². The molecule has 5 heteroatoms. The van der Waals surface area contributed by atoms with Crippen LogP contribution in [-0.4, -0.2) is 39.8 Å². The first-order valence-corrected chi connectivity index (χ1v) is 7.15. The average molecular weight is 289 g/mol. The molecule has 1 saturated heterocycles. The third-order valence-corrected chi connectivity index (χ3v) is 4.21. The summed E-state index contributed by atoms with van der Waals surface area (Å²) in [6.07, 6.45) is 1.40. The van der Waals surface area contributed by atoms with Crippen molar-refractivity contribution in [3.8, 4) is 0 Å². The zero-order valence-corrected chi connectivity index (χ0v) is 12.0. The van der Waals surface area contributed by atoms with Crippen molar-refractivity contribution in [1.29, 1.82) is 0 Å². The van der Waals surface area contributed by atoms with Crippen LogP contribution in [0.15, 0.2) is 28.7 Å². The molecule has 1 aliphatic rings. The van der Waals surface area contributed by atoms with Gasteiger partial charge < -0.3 is 14.6 Å². The van der Waals surface area contributed by atoms with E-state index in [2.05, 4.69) is 4.90 Å². The number of furan rings is 1. The molecule has 1 aromatic carbocycles. The van der Waals surface area contributed by atoms with E-state index in [1.54, 1.807) is 6.07 Å². The lowest BCUT2D eigenvalue weighted by molar-refractivity contribution is -0.00739. The van der Waals surface area contributed by atoms with E-state index in [0.29, 0.717) is 25.0 Å². The minimum Gasteiger partial charge on any atom is -0.475 e. The molecule has 1 fully saturated rings. The van der Waals surface area contributed by atoms with Gasteiger partial charge in [0.25, 0.3) is 0 Å². The van der Waals surface area contributed by atoms with E-state index in [1.165, 1.54) is 0 Å². The Hall–Kier alpha value is -1.85. The van der Waals surface area contributed by atoms with Crippen molar-refractivity contribution in [2.45, 2.75) is 31.9 Å². The fraction of sp³-hybridized carbons (Fsp3) is 0.438. The number of piperidine rings is 1. The second-order valence-electron chi connectivity index (χ2n) is 5.98. The summed E-state index contributed by atoms with van der Waals surface area (Å²) < 4.78 is 5.47. The van der Waals surface area contributed by atoms with Crippen molar-refractivity contribution < 1.29 is 19.4 Å². The lowest BCUT2D eigenvalue weighted by atomic mass is 9.93. The van der Waals surface area contributed by atoms with Gasteiger partial charge in [-0.3, -0.25) is 4.90 Å². The van der Waals surface area contributed by atoms with Gasteiger partial charge in [0.2, 0.25) is 5.76 Å². The SMILES string of the molecule is CC1(O)CCN(Cc2c(C(=O)O)oc3ccccc23)CC1. The van der Waals surface area contributed by atoms with Crippen LogP contribution in [0.25, 0.3) is 11.0 Å². The molecule has 2 N–H and O–H groups in total. The maximum absolute atomic E-state index is 11.4. The van der Waals surface area contributed by atoms with Gasteiger partial charge >= 0.3 is 5.97 Å². The third kappa shape index (κ3) is 2.80. The maximum atomic E-state index is 11.4. The number of rotatable bonds is 3. The highest BCUT2D eigenvalue weighted by Crippen LogP contribution is 2.29. The summed E-state index contributed by atoms with van der Waals surface area (Å²) >= 11 is 0. The molecule has 21 heavy (non-hydrogen) atoms. The minimum absolute atomic E-state index is 0.0218. The van der Waals surface area contributed by atoms with E-state index < -0.39 is 11.6 Å². The quantitative estimate of drug-likeness (QED) is 0.908. The summed E-state index contributed by atoms with van der Waals surface area (Å²) in [6.45, 7) is 3.89. The van der Waals surface area contributed by atoms with Crippen LogP contribution < -0.4 is 0 Å². The zero-order valence-electron chi connectivity index (χ0n) is 12.0. The van der Waals surface area contributed by atoms with E-state index in [9.17, 15) is 15.0 Å². The number of hydrogen-bond acceptors (Lipinski definition) is 4. The molecule has 1 aromatic heterocycles. The van der Waals surface area contributed by atoms with Crippen LogP contribution in [0.1, 0.15) is 35.9 Å². The van der Waals surface area contributed by atoms with Gasteiger partial charge in [-0.1, -0.05) is 18.2 Å². The summed E-state index contributed by atoms with van der Waals surface area (Å²) in [5, 5.41) is 20.2. The van der Waals surface area contributed by atoms with Gasteiger partial charge in [-0.05, 0) is 25.8 Å². The molecule has 3 rings (SSSR count). The van der Waals surface area contributed by atoms with Crippen molar-refractivity contribution in [3.05, 3.63) is 35.6 Å². The number of aromatic carboxylic acids is 1. The lowest BCUT2D eigenvalue weighted by Crippen LogP contribution is -2.42. The predicted molar refractivity (Wildman–Crippen MR) is 78.3 cm³/mol. The number of carbonyl (C=O) groups is 1. The number of fused-ring (bicyclic) bond motifs is 1. The second kappa shape index (κ2) is 5.16. The molecular weight excluding hydrogens is 270 g/mol. The molecule has 112 valence electrons. The molecule has 0 atom stereocenters. The molecule has 0 saturated carbocycles. The van der Waals surface area contributed by atoms with Crippen molar-refractivity contribution >= 4 is 16.9 Å². The van der Waals surface area contributed by atoms with Gasteiger partial charge in [-0.2, -0.15) is 0 Å². The standard InChI is InChI=1S/C16H19NO4/c1-16(20)6-8-17(9-7-16)10-12-11-4-2-3-5-13(11)21-14(12)15(18)19/h2-5,20H,6-10H2,1H3,(H,18,19). The normalized spacial score (nSPS) is 19.0. The van der Waals surface area contributed by atoms with Gasteiger partial charge in [0.05, 0.1) is 5.60 Å². The van der Waals surface area contributed by atoms with Crippen LogP contribution in [0, 0.1) is 0 Å². The Balaban J connectivity index is 1.89. The van der Waals surface area contributed by atoms with Crippen LogP contribution in [0.2, 0.25) is 0 Å². The van der Waals surface area contributed by atoms with Crippen molar-refractivity contribution in [2.75, 3.05) is 13.1 Å². The Morgan fingerprint density at radius 2 is 2.00 bits per heavy atom. The molecule has 0 amide bonds. The topological polar surface area (TPSA) is 73.9 Å². The largest absolute Gasteiger partial charge is 0.475 e. The van der Waals surface area contributed by atoms with E-state index in [0.717, 1.165) is 24.0 Å². The zero-order chi connectivity index (χ0) is 15.0. The average Bonchev–Trinajstić information content (AvgIpc) is 2.80. The molecule has 0 unspecified atom stereocenters. The minimum atomic E-state index is -1.04. The first-order valence-electron chi connectivity index (χ1n) is 7.15. The van der Waals surface area contributed by atoms with Crippen molar-refractivity contribution in [3.63, 3.8) is 0 Å². The molecule has 0 bridgehead atoms. The highest BCUT2D eigenvalue weighted by atomic mass is 16.4. The highest BCUT2D eigenvalue weighted by molar-refractivity contribution is 5.95. The fourth-order valence-corrected chi connectivity index (χ4v) is 2.85. The number of carboxylic acid groups (broad SMARTS) is 1. The molecule has 5 nitrogen and oxygen atoms in total. The predicted octanol–water partition coefficient (Wildman–Crippen LogP) is 2.48. The van der Waals surface area contributed by atoms with Gasteiger partial charge in [-0.15, -0.1) is 0 Å². The van der Waals surface area contributed by atoms with Crippen LogP contribution in [0.5, 0.6) is 0 Å².